The highest BCUT2D eigenvalue weighted by Crippen LogP contribution is 2.34. The summed E-state index contributed by atoms with van der Waals surface area (Å²) < 4.78 is 28.3. The van der Waals surface area contributed by atoms with Gasteiger partial charge in [-0.15, -0.1) is 23.2 Å². The predicted molar refractivity (Wildman–Crippen MR) is 87.3 cm³/mol. The molecular formula is C16H13BrCl2F2. The van der Waals surface area contributed by atoms with Gasteiger partial charge in [0.15, 0.2) is 0 Å². The van der Waals surface area contributed by atoms with E-state index in [1.807, 2.05) is 0 Å². The first kappa shape index (κ1) is 16.7. The van der Waals surface area contributed by atoms with Crippen molar-refractivity contribution in [3.63, 3.8) is 0 Å². The van der Waals surface area contributed by atoms with E-state index < -0.39 is 5.41 Å². The zero-order valence-corrected chi connectivity index (χ0v) is 14.2. The Morgan fingerprint density at radius 2 is 1.67 bits per heavy atom. The van der Waals surface area contributed by atoms with Gasteiger partial charge < -0.3 is 0 Å². The second kappa shape index (κ2) is 7.08. The molecule has 0 nitrogen and oxygen atoms in total. The zero-order chi connectivity index (χ0) is 15.5. The van der Waals surface area contributed by atoms with Gasteiger partial charge in [0.2, 0.25) is 0 Å². The molecule has 0 aliphatic rings. The maximum absolute atomic E-state index is 14.1. The molecule has 0 unspecified atom stereocenters. The zero-order valence-electron chi connectivity index (χ0n) is 11.1. The first-order chi connectivity index (χ1) is 10.0. The Bertz CT molecular complexity index is 607. The highest BCUT2D eigenvalue weighted by atomic mass is 79.9. The summed E-state index contributed by atoms with van der Waals surface area (Å²) in [5.41, 5.74) is 0.392. The molecule has 0 aliphatic heterocycles. The van der Waals surface area contributed by atoms with E-state index >= 15 is 0 Å². The van der Waals surface area contributed by atoms with Crippen molar-refractivity contribution in [1.29, 1.82) is 0 Å². The van der Waals surface area contributed by atoms with Crippen LogP contribution in [0.15, 0.2) is 46.9 Å². The third-order valence-corrected chi connectivity index (χ3v) is 4.90. The summed E-state index contributed by atoms with van der Waals surface area (Å²) >= 11 is 15.5. The lowest BCUT2D eigenvalue weighted by Gasteiger charge is -2.31. The van der Waals surface area contributed by atoms with Gasteiger partial charge >= 0.3 is 0 Å². The highest BCUT2D eigenvalue weighted by Gasteiger charge is 2.33. The van der Waals surface area contributed by atoms with E-state index in [2.05, 4.69) is 15.9 Å². The fraction of sp³-hybridized carbons (Fsp3) is 0.250. The third kappa shape index (κ3) is 3.77. The minimum absolute atomic E-state index is 0.144. The molecule has 0 spiro atoms. The molecule has 2 rings (SSSR count). The van der Waals surface area contributed by atoms with E-state index in [0.717, 1.165) is 0 Å². The van der Waals surface area contributed by atoms with Gasteiger partial charge in [-0.05, 0) is 41.8 Å². The number of hydrogen-bond acceptors (Lipinski definition) is 0. The molecule has 112 valence electrons. The summed E-state index contributed by atoms with van der Waals surface area (Å²) in [6.07, 6.45) is 0.358. The fourth-order valence-electron chi connectivity index (χ4n) is 2.36. The van der Waals surface area contributed by atoms with Crippen molar-refractivity contribution in [1.82, 2.24) is 0 Å². The van der Waals surface area contributed by atoms with Gasteiger partial charge in [0.05, 0.1) is 0 Å². The molecule has 0 saturated heterocycles. The topological polar surface area (TPSA) is 0 Å². The lowest BCUT2D eigenvalue weighted by Crippen LogP contribution is -2.34. The monoisotopic (exact) mass is 392 g/mol. The van der Waals surface area contributed by atoms with Crippen molar-refractivity contribution >= 4 is 39.1 Å². The van der Waals surface area contributed by atoms with Gasteiger partial charge in [0, 0.05) is 21.6 Å². The molecule has 0 aromatic heterocycles. The molecule has 2 aromatic rings. The Morgan fingerprint density at radius 1 is 1.00 bits per heavy atom. The van der Waals surface area contributed by atoms with Crippen molar-refractivity contribution < 1.29 is 8.78 Å². The number of rotatable bonds is 5. The van der Waals surface area contributed by atoms with Crippen molar-refractivity contribution in [3.05, 3.63) is 69.7 Å². The normalized spacial score (nSPS) is 11.7. The van der Waals surface area contributed by atoms with E-state index in [1.54, 1.807) is 24.3 Å². The van der Waals surface area contributed by atoms with Crippen molar-refractivity contribution in [2.45, 2.75) is 11.8 Å². The summed E-state index contributed by atoms with van der Waals surface area (Å²) in [7, 11) is 0. The quantitative estimate of drug-likeness (QED) is 0.572. The van der Waals surface area contributed by atoms with Gasteiger partial charge in [-0.1, -0.05) is 34.1 Å². The summed E-state index contributed by atoms with van der Waals surface area (Å²) in [4.78, 5) is 0. The maximum Gasteiger partial charge on any atom is 0.127 e. The van der Waals surface area contributed by atoms with Crippen molar-refractivity contribution in [3.8, 4) is 0 Å². The molecular weight excluding hydrogens is 381 g/mol. The minimum Gasteiger partial charge on any atom is -0.207 e. The van der Waals surface area contributed by atoms with Crippen LogP contribution in [-0.2, 0) is 11.8 Å². The molecule has 0 heterocycles. The lowest BCUT2D eigenvalue weighted by atomic mass is 9.78. The van der Waals surface area contributed by atoms with Crippen LogP contribution in [0.5, 0.6) is 0 Å². The molecule has 0 atom stereocenters. The van der Waals surface area contributed by atoms with E-state index in [-0.39, 0.29) is 23.4 Å². The average Bonchev–Trinajstić information content (AvgIpc) is 2.44. The van der Waals surface area contributed by atoms with Gasteiger partial charge in [0.25, 0.3) is 0 Å². The number of alkyl halides is 2. The van der Waals surface area contributed by atoms with Gasteiger partial charge in [0.1, 0.15) is 11.6 Å². The summed E-state index contributed by atoms with van der Waals surface area (Å²) in [6, 6.07) is 11.0. The van der Waals surface area contributed by atoms with Crippen LogP contribution in [0.25, 0.3) is 0 Å². The predicted octanol–water partition coefficient (Wildman–Crippen LogP) is 5.69. The fourth-order valence-corrected chi connectivity index (χ4v) is 3.64. The van der Waals surface area contributed by atoms with E-state index in [4.69, 9.17) is 23.2 Å². The summed E-state index contributed by atoms with van der Waals surface area (Å²) in [6.45, 7) is 0. The highest BCUT2D eigenvalue weighted by molar-refractivity contribution is 9.10. The number of halogens is 5. The lowest BCUT2D eigenvalue weighted by molar-refractivity contribution is 0.489. The van der Waals surface area contributed by atoms with E-state index in [1.165, 1.54) is 18.2 Å². The van der Waals surface area contributed by atoms with Crippen LogP contribution < -0.4 is 0 Å². The van der Waals surface area contributed by atoms with Crippen LogP contribution >= 0.6 is 39.1 Å². The van der Waals surface area contributed by atoms with Crippen LogP contribution in [0.1, 0.15) is 11.1 Å². The molecule has 0 aliphatic carbocycles. The largest absolute Gasteiger partial charge is 0.207 e. The molecule has 21 heavy (non-hydrogen) atoms. The van der Waals surface area contributed by atoms with Gasteiger partial charge in [-0.2, -0.15) is 0 Å². The van der Waals surface area contributed by atoms with E-state index in [9.17, 15) is 8.78 Å². The smallest absolute Gasteiger partial charge is 0.127 e. The molecule has 2 aromatic carbocycles. The number of hydrogen-bond donors (Lipinski definition) is 0. The van der Waals surface area contributed by atoms with E-state index in [0.29, 0.717) is 22.0 Å². The van der Waals surface area contributed by atoms with Crippen LogP contribution in [0.3, 0.4) is 0 Å². The molecule has 0 saturated carbocycles. The average molecular weight is 394 g/mol. The second-order valence-electron chi connectivity index (χ2n) is 4.98. The molecule has 0 amide bonds. The standard InChI is InChI=1S/C16H13BrCl2F2/c17-12-5-11(6-13(20)7-12)8-16(9-18,10-19)14-3-1-2-4-15(14)21/h1-7H,8-10H2. The SMILES string of the molecule is Fc1cc(Br)cc(CC(CCl)(CCl)c2ccccc2F)c1. The molecule has 0 fully saturated rings. The Balaban J connectivity index is 2.45. The third-order valence-electron chi connectivity index (χ3n) is 3.42. The Kier molecular flexibility index (Phi) is 5.64. The molecule has 5 heteroatoms. The number of benzene rings is 2. The van der Waals surface area contributed by atoms with Crippen LogP contribution in [0.4, 0.5) is 8.78 Å². The van der Waals surface area contributed by atoms with Crippen LogP contribution in [-0.4, -0.2) is 11.8 Å². The van der Waals surface area contributed by atoms with Crippen LogP contribution in [0.2, 0.25) is 0 Å². The van der Waals surface area contributed by atoms with Crippen LogP contribution in [0, 0.1) is 11.6 Å². The Morgan fingerprint density at radius 3 is 2.24 bits per heavy atom. The van der Waals surface area contributed by atoms with Gasteiger partial charge in [-0.3, -0.25) is 0 Å². The van der Waals surface area contributed by atoms with Crippen molar-refractivity contribution in [2.75, 3.05) is 11.8 Å². The maximum atomic E-state index is 14.1. The molecule has 0 radical (unpaired) electrons. The van der Waals surface area contributed by atoms with Crippen molar-refractivity contribution in [2.24, 2.45) is 0 Å². The summed E-state index contributed by atoms with van der Waals surface area (Å²) in [5.74, 6) is -0.419. The van der Waals surface area contributed by atoms with Gasteiger partial charge in [-0.25, -0.2) is 8.78 Å². The minimum atomic E-state index is -0.776. The second-order valence-corrected chi connectivity index (χ2v) is 6.43. The summed E-state index contributed by atoms with van der Waals surface area (Å²) in [5, 5.41) is 0. The first-order valence-corrected chi connectivity index (χ1v) is 8.19. The first-order valence-electron chi connectivity index (χ1n) is 6.33. The molecule has 0 N–H and O–H groups in total. The molecule has 0 bridgehead atoms. The Labute approximate surface area is 141 Å². The Hall–Kier alpha value is -0.640.